The number of imidazole rings is 1. The molecule has 8 nitrogen and oxygen atoms in total. The van der Waals surface area contributed by atoms with Crippen molar-refractivity contribution in [3.8, 4) is 0 Å². The van der Waals surface area contributed by atoms with Crippen LogP contribution >= 0.6 is 15.9 Å². The van der Waals surface area contributed by atoms with Gasteiger partial charge >= 0.3 is 11.9 Å². The molecule has 1 N–H and O–H groups in total. The third kappa shape index (κ3) is 2.35. The zero-order valence-corrected chi connectivity index (χ0v) is 14.6. The Morgan fingerprint density at radius 2 is 1.92 bits per heavy atom. The van der Waals surface area contributed by atoms with Crippen LogP contribution in [0.3, 0.4) is 0 Å². The maximum Gasteiger partial charge on any atom is 0.356 e. The lowest BCUT2D eigenvalue weighted by Gasteiger charge is -2.14. The van der Waals surface area contributed by atoms with E-state index in [4.69, 9.17) is 5.11 Å². The van der Waals surface area contributed by atoms with Crippen LogP contribution in [0, 0.1) is 6.92 Å². The zero-order valence-electron chi connectivity index (χ0n) is 13.1. The standard InChI is InChI=1S/C15H9BrF2N6O2/c1-7-12(13(25)26)19-10-5-3-9(22-24(7)10)15(17,18)14-21-20-11-4-2-8(16)6-23(11)14/h2-6H,1H3,(H,25,26). The van der Waals surface area contributed by atoms with Gasteiger partial charge in [-0.15, -0.1) is 10.2 Å². The second kappa shape index (κ2) is 5.53. The normalized spacial score (nSPS) is 12.2. The number of aromatic nitrogens is 6. The van der Waals surface area contributed by atoms with Crippen LogP contribution < -0.4 is 0 Å². The third-order valence-corrected chi connectivity index (χ3v) is 4.34. The number of pyridine rings is 1. The van der Waals surface area contributed by atoms with Gasteiger partial charge in [-0.25, -0.2) is 14.3 Å². The molecule has 4 aromatic rings. The molecule has 132 valence electrons. The number of carboxylic acids is 1. The van der Waals surface area contributed by atoms with Gasteiger partial charge in [-0.05, 0) is 47.1 Å². The molecule has 0 aliphatic heterocycles. The van der Waals surface area contributed by atoms with E-state index in [9.17, 15) is 4.79 Å². The van der Waals surface area contributed by atoms with Crippen LogP contribution in [0.5, 0.6) is 0 Å². The van der Waals surface area contributed by atoms with Crippen LogP contribution in [-0.4, -0.2) is 40.3 Å². The molecule has 0 fully saturated rings. The van der Waals surface area contributed by atoms with Crippen molar-refractivity contribution in [3.05, 3.63) is 57.8 Å². The minimum absolute atomic E-state index is 0.152. The summed E-state index contributed by atoms with van der Waals surface area (Å²) in [4.78, 5) is 15.0. The van der Waals surface area contributed by atoms with Gasteiger partial charge in [-0.1, -0.05) is 0 Å². The molecule has 0 aliphatic carbocycles. The van der Waals surface area contributed by atoms with Gasteiger partial charge in [0.05, 0.1) is 5.69 Å². The predicted molar refractivity (Wildman–Crippen MR) is 88.4 cm³/mol. The van der Waals surface area contributed by atoms with Gasteiger partial charge in [0, 0.05) is 10.7 Å². The number of nitrogens with zero attached hydrogens (tertiary/aromatic N) is 6. The third-order valence-electron chi connectivity index (χ3n) is 3.87. The highest BCUT2D eigenvalue weighted by molar-refractivity contribution is 9.10. The molecule has 0 atom stereocenters. The summed E-state index contributed by atoms with van der Waals surface area (Å²) >= 11 is 3.23. The summed E-state index contributed by atoms with van der Waals surface area (Å²) in [6.07, 6.45) is 1.43. The van der Waals surface area contributed by atoms with Crippen LogP contribution in [0.15, 0.2) is 34.9 Å². The molecule has 0 aromatic carbocycles. The number of aromatic carboxylic acids is 1. The van der Waals surface area contributed by atoms with E-state index in [0.717, 1.165) is 10.6 Å². The monoisotopic (exact) mass is 422 g/mol. The van der Waals surface area contributed by atoms with E-state index in [0.29, 0.717) is 4.47 Å². The van der Waals surface area contributed by atoms with Crippen LogP contribution in [0.2, 0.25) is 0 Å². The number of hydrogen-bond acceptors (Lipinski definition) is 5. The van der Waals surface area contributed by atoms with E-state index in [1.54, 1.807) is 12.1 Å². The van der Waals surface area contributed by atoms with E-state index < -0.39 is 23.4 Å². The van der Waals surface area contributed by atoms with Crippen molar-refractivity contribution in [2.45, 2.75) is 12.8 Å². The Labute approximate surface area is 152 Å². The smallest absolute Gasteiger partial charge is 0.356 e. The lowest BCUT2D eigenvalue weighted by Crippen LogP contribution is -2.22. The molecule has 4 aromatic heterocycles. The first-order chi connectivity index (χ1) is 12.3. The minimum Gasteiger partial charge on any atom is -0.476 e. The van der Waals surface area contributed by atoms with E-state index in [1.807, 2.05) is 0 Å². The van der Waals surface area contributed by atoms with Crippen molar-refractivity contribution in [1.82, 2.24) is 29.2 Å². The molecule has 4 heterocycles. The number of hydrogen-bond donors (Lipinski definition) is 1. The lowest BCUT2D eigenvalue weighted by atomic mass is 10.2. The van der Waals surface area contributed by atoms with Gasteiger partial charge in [-0.2, -0.15) is 13.9 Å². The maximum atomic E-state index is 15.1. The summed E-state index contributed by atoms with van der Waals surface area (Å²) in [5.74, 6) is -5.42. The van der Waals surface area contributed by atoms with Crippen molar-refractivity contribution in [2.24, 2.45) is 0 Å². The fraction of sp³-hybridized carbons (Fsp3) is 0.133. The topological polar surface area (TPSA) is 97.7 Å². The number of aryl methyl sites for hydroxylation is 1. The molecule has 0 radical (unpaired) electrons. The predicted octanol–water partition coefficient (Wildman–Crippen LogP) is 2.68. The second-order valence-corrected chi connectivity index (χ2v) is 6.43. The summed E-state index contributed by atoms with van der Waals surface area (Å²) < 4.78 is 32.9. The van der Waals surface area contributed by atoms with Crippen molar-refractivity contribution in [2.75, 3.05) is 0 Å². The molecule has 0 unspecified atom stereocenters. The summed E-state index contributed by atoms with van der Waals surface area (Å²) in [6.45, 7) is 1.45. The van der Waals surface area contributed by atoms with Gasteiger partial charge in [0.15, 0.2) is 17.0 Å². The Bertz CT molecular complexity index is 1190. The first kappa shape index (κ1) is 16.5. The molecule has 0 saturated carbocycles. The molecular weight excluding hydrogens is 414 g/mol. The number of rotatable bonds is 3. The molecular formula is C15H9BrF2N6O2. The molecule has 0 saturated heterocycles. The van der Waals surface area contributed by atoms with Gasteiger partial charge in [0.25, 0.3) is 0 Å². The van der Waals surface area contributed by atoms with E-state index in [2.05, 4.69) is 36.2 Å². The van der Waals surface area contributed by atoms with Crippen molar-refractivity contribution < 1.29 is 18.7 Å². The number of fused-ring (bicyclic) bond motifs is 2. The number of carbonyl (C=O) groups is 1. The fourth-order valence-electron chi connectivity index (χ4n) is 2.61. The van der Waals surface area contributed by atoms with Crippen LogP contribution in [-0.2, 0) is 5.92 Å². The van der Waals surface area contributed by atoms with Crippen molar-refractivity contribution >= 4 is 33.2 Å². The molecule has 0 spiro atoms. The summed E-state index contributed by atoms with van der Waals surface area (Å²) in [7, 11) is 0. The second-order valence-electron chi connectivity index (χ2n) is 5.51. The zero-order chi connectivity index (χ0) is 18.6. The van der Waals surface area contributed by atoms with E-state index >= 15 is 8.78 Å². The molecule has 0 amide bonds. The first-order valence-electron chi connectivity index (χ1n) is 7.28. The fourth-order valence-corrected chi connectivity index (χ4v) is 2.94. The van der Waals surface area contributed by atoms with Crippen molar-refractivity contribution in [1.29, 1.82) is 0 Å². The first-order valence-corrected chi connectivity index (χ1v) is 8.07. The summed E-state index contributed by atoms with van der Waals surface area (Å²) in [6, 6.07) is 5.59. The largest absolute Gasteiger partial charge is 0.476 e. The van der Waals surface area contributed by atoms with Crippen LogP contribution in [0.25, 0.3) is 11.3 Å². The van der Waals surface area contributed by atoms with E-state index in [-0.39, 0.29) is 22.7 Å². The van der Waals surface area contributed by atoms with Crippen molar-refractivity contribution in [3.63, 3.8) is 0 Å². The lowest BCUT2D eigenvalue weighted by molar-refractivity contribution is 0.0258. The highest BCUT2D eigenvalue weighted by Gasteiger charge is 2.41. The minimum atomic E-state index is -3.56. The SMILES string of the molecule is Cc1c(C(=O)O)nc2ccc(C(F)(F)c3nnc4ccc(Br)cn34)nn12. The Kier molecular flexibility index (Phi) is 3.51. The summed E-state index contributed by atoms with van der Waals surface area (Å²) in [5.41, 5.74) is -0.269. The highest BCUT2D eigenvalue weighted by Crippen LogP contribution is 2.34. The number of halogens is 3. The van der Waals surface area contributed by atoms with E-state index in [1.165, 1.54) is 23.6 Å². The molecule has 0 aliphatic rings. The quantitative estimate of drug-likeness (QED) is 0.544. The van der Waals surface area contributed by atoms with Gasteiger partial charge in [0.2, 0.25) is 5.82 Å². The van der Waals surface area contributed by atoms with Crippen LogP contribution in [0.4, 0.5) is 8.78 Å². The Hall–Kier alpha value is -2.95. The average Bonchev–Trinajstić information content (AvgIpc) is 3.16. The Balaban J connectivity index is 1.90. The van der Waals surface area contributed by atoms with Gasteiger partial charge in [-0.3, -0.25) is 4.40 Å². The highest BCUT2D eigenvalue weighted by atomic mass is 79.9. The van der Waals surface area contributed by atoms with Crippen LogP contribution in [0.1, 0.15) is 27.7 Å². The summed E-state index contributed by atoms with van der Waals surface area (Å²) in [5, 5.41) is 20.3. The van der Waals surface area contributed by atoms with Gasteiger partial charge < -0.3 is 5.11 Å². The molecule has 11 heteroatoms. The average molecular weight is 423 g/mol. The number of carboxylic acid groups (broad SMARTS) is 1. The Morgan fingerprint density at radius 3 is 2.65 bits per heavy atom. The Morgan fingerprint density at radius 1 is 1.19 bits per heavy atom. The molecule has 4 rings (SSSR count). The van der Waals surface area contributed by atoms with Gasteiger partial charge in [0.1, 0.15) is 5.69 Å². The maximum absolute atomic E-state index is 15.1. The molecule has 0 bridgehead atoms. The number of alkyl halides is 2. The molecule has 26 heavy (non-hydrogen) atoms.